The number of phosphoric acid groups is 1. The molecule has 0 aliphatic carbocycles. The molecule has 96 valence electrons. The first kappa shape index (κ1) is 129. The molecule has 0 aliphatic heterocycles. The van der Waals surface area contributed by atoms with Gasteiger partial charge < -0.3 is 63.7 Å². The molecule has 0 amide bonds. The quantitative estimate of drug-likeness (QED) is 0.316. The van der Waals surface area contributed by atoms with Gasteiger partial charge in [-0.1, -0.05) is 0 Å². The summed E-state index contributed by atoms with van der Waals surface area (Å²) in [6, 6.07) is 0. The van der Waals surface area contributed by atoms with Crippen molar-refractivity contribution < 1.29 is 57.6 Å². The molecule has 0 radical (unpaired) electrons. The molecule has 0 heterocycles. The molecule has 0 saturated heterocycles. The maximum atomic E-state index is 8.66. The zero-order chi connectivity index (χ0) is 4.50. The predicted molar refractivity (Wildman–Crippen MR) is 45.9 cm³/mol. The Balaban J connectivity index is -0.00000000222. The van der Waals surface area contributed by atoms with E-state index in [1.54, 1.807) is 0 Å². The van der Waals surface area contributed by atoms with Crippen molar-refractivity contribution in [2.75, 3.05) is 0 Å². The van der Waals surface area contributed by atoms with E-state index in [9.17, 15) is 0 Å². The Morgan fingerprint density at radius 2 is 0.786 bits per heavy atom. The van der Waals surface area contributed by atoms with Gasteiger partial charge >= 0.3 is 23.1 Å². The van der Waals surface area contributed by atoms with Crippen molar-refractivity contribution in [1.29, 1.82) is 0 Å². The van der Waals surface area contributed by atoms with Crippen LogP contribution in [0.4, 0.5) is 0 Å². The van der Waals surface area contributed by atoms with Crippen molar-refractivity contribution in [2.24, 2.45) is 0 Å². The topological polar surface area (TPSA) is 339 Å². The molecule has 0 fully saturated rings. The standard InChI is InChI=1S/Mg.H3N.H3O4P.7H2O/c;;1-5(2,3)4;;;;;;;/h;1H3;(H3,1,2,3,4);7*1H2/q+2;;;;;;;;;/p-2. The maximum absolute atomic E-state index is 8.66. The third-order valence-electron chi connectivity index (χ3n) is 0. The van der Waals surface area contributed by atoms with E-state index in [0.29, 0.717) is 0 Å². The first-order valence-electron chi connectivity index (χ1n) is 0.748. The second-order valence-corrected chi connectivity index (χ2v) is 1.41. The molecule has 14 heteroatoms. The fraction of sp³-hybridized carbons (Fsp3) is 0. The first-order valence-corrected chi connectivity index (χ1v) is 2.24. The van der Waals surface area contributed by atoms with Crippen LogP contribution in [0.1, 0.15) is 0 Å². The van der Waals surface area contributed by atoms with Gasteiger partial charge in [0.05, 0.1) is 7.82 Å². The second kappa shape index (κ2) is 49.7. The Morgan fingerprint density at radius 1 is 0.786 bits per heavy atom. The smallest absolute Gasteiger partial charge is 0.790 e. The van der Waals surface area contributed by atoms with Gasteiger partial charge in [0.25, 0.3) is 0 Å². The zero-order valence-electron chi connectivity index (χ0n) is 7.03. The van der Waals surface area contributed by atoms with E-state index >= 15 is 0 Å². The normalized spacial score (nSPS) is 4.21. The van der Waals surface area contributed by atoms with Crippen LogP contribution in [-0.2, 0) is 4.57 Å². The molecule has 0 rings (SSSR count). The molecule has 18 N–H and O–H groups in total. The zero-order valence-corrected chi connectivity index (χ0v) is 9.34. The van der Waals surface area contributed by atoms with Crippen LogP contribution in [0.3, 0.4) is 0 Å². The van der Waals surface area contributed by atoms with Gasteiger partial charge in [0.2, 0.25) is 0 Å². The van der Waals surface area contributed by atoms with Crippen LogP contribution in [0.2, 0.25) is 0 Å². The van der Waals surface area contributed by atoms with Crippen LogP contribution in [0.15, 0.2) is 0 Å². The molecule has 0 spiro atoms. The maximum Gasteiger partial charge on any atom is 2.00 e. The van der Waals surface area contributed by atoms with Gasteiger partial charge in [-0.2, -0.15) is 0 Å². The van der Waals surface area contributed by atoms with Crippen LogP contribution >= 0.6 is 7.82 Å². The van der Waals surface area contributed by atoms with E-state index in [1.165, 1.54) is 0 Å². The summed E-state index contributed by atoms with van der Waals surface area (Å²) >= 11 is 0. The second-order valence-electron chi connectivity index (χ2n) is 0.469. The van der Waals surface area contributed by atoms with Crippen LogP contribution in [0.25, 0.3) is 0 Å². The number of hydrogen-bond acceptors (Lipinski definition) is 4. The van der Waals surface area contributed by atoms with Crippen LogP contribution in [0.5, 0.6) is 0 Å². The molecule has 0 aromatic rings. The van der Waals surface area contributed by atoms with Gasteiger partial charge in [0.15, 0.2) is 0 Å². The molecule has 0 atom stereocenters. The summed E-state index contributed by atoms with van der Waals surface area (Å²) in [5.41, 5.74) is 0. The SMILES string of the molecule is N.O.O.O.O.O.O.O.O=P([O-])([O-])O.[Mg+2]. The van der Waals surface area contributed by atoms with Gasteiger partial charge in [-0.15, -0.1) is 0 Å². The summed E-state index contributed by atoms with van der Waals surface area (Å²) in [5, 5.41) is 0. The average molecular weight is 263 g/mol. The van der Waals surface area contributed by atoms with E-state index in [2.05, 4.69) is 0 Å². The van der Waals surface area contributed by atoms with E-state index < -0.39 is 7.82 Å². The molecule has 0 aliphatic rings. The van der Waals surface area contributed by atoms with Gasteiger partial charge in [-0.05, 0) is 0 Å². The van der Waals surface area contributed by atoms with Crippen LogP contribution in [-0.4, -0.2) is 66.3 Å². The van der Waals surface area contributed by atoms with E-state index in [-0.39, 0.29) is 67.5 Å². The summed E-state index contributed by atoms with van der Waals surface area (Å²) < 4.78 is 8.66. The Labute approximate surface area is 95.1 Å². The summed E-state index contributed by atoms with van der Waals surface area (Å²) in [6.45, 7) is 0. The molecule has 0 aromatic carbocycles. The minimum absolute atomic E-state index is 0. The first-order chi connectivity index (χ1) is 2.00. The van der Waals surface area contributed by atoms with Gasteiger partial charge in [0, 0.05) is 0 Å². The molecular formula is H18MgNO11P. The summed E-state index contributed by atoms with van der Waals surface area (Å²) in [4.78, 5) is 24.3. The third-order valence-corrected chi connectivity index (χ3v) is 0. The van der Waals surface area contributed by atoms with Crippen LogP contribution in [0, 0.1) is 0 Å². The minimum Gasteiger partial charge on any atom is -0.790 e. The van der Waals surface area contributed by atoms with E-state index in [4.69, 9.17) is 19.2 Å². The monoisotopic (exact) mass is 263 g/mol. The van der Waals surface area contributed by atoms with E-state index in [0.717, 1.165) is 0 Å². The molecule has 0 saturated carbocycles. The van der Waals surface area contributed by atoms with Crippen molar-refractivity contribution in [1.82, 2.24) is 6.15 Å². The van der Waals surface area contributed by atoms with Gasteiger partial charge in [-0.25, -0.2) is 0 Å². The summed E-state index contributed by atoms with van der Waals surface area (Å²) in [7, 11) is -5.14. The fourth-order valence-corrected chi connectivity index (χ4v) is 0. The van der Waals surface area contributed by atoms with E-state index in [1.807, 2.05) is 0 Å². The fourth-order valence-electron chi connectivity index (χ4n) is 0. The van der Waals surface area contributed by atoms with Crippen molar-refractivity contribution in [3.05, 3.63) is 0 Å². The van der Waals surface area contributed by atoms with Crippen molar-refractivity contribution >= 4 is 30.9 Å². The number of rotatable bonds is 0. The summed E-state index contributed by atoms with van der Waals surface area (Å²) in [5.74, 6) is 0. The van der Waals surface area contributed by atoms with Gasteiger partial charge in [-0.3, -0.25) is 0 Å². The summed E-state index contributed by atoms with van der Waals surface area (Å²) in [6.07, 6.45) is 0. The molecular weight excluding hydrogens is 245 g/mol. The van der Waals surface area contributed by atoms with Crippen molar-refractivity contribution in [3.63, 3.8) is 0 Å². The number of hydrogen-bond donors (Lipinski definition) is 2. The Kier molecular flexibility index (Phi) is 458. The largest absolute Gasteiger partial charge is 2.00 e. The molecule has 0 aromatic heterocycles. The Morgan fingerprint density at radius 3 is 0.786 bits per heavy atom. The predicted octanol–water partition coefficient (Wildman–Crippen LogP) is -8.18. The Bertz CT molecular complexity index is 61.4. The van der Waals surface area contributed by atoms with Crippen LogP contribution < -0.4 is 15.9 Å². The molecule has 0 unspecified atom stereocenters. The average Bonchev–Trinajstić information content (AvgIpc) is 0.722. The molecule has 0 bridgehead atoms. The Hall–Kier alpha value is 0.556. The molecule has 14 heavy (non-hydrogen) atoms. The van der Waals surface area contributed by atoms with Crippen molar-refractivity contribution in [3.8, 4) is 0 Å². The third kappa shape index (κ3) is 5420. The van der Waals surface area contributed by atoms with Crippen molar-refractivity contribution in [2.45, 2.75) is 0 Å². The molecule has 12 nitrogen and oxygen atoms in total. The van der Waals surface area contributed by atoms with Gasteiger partial charge in [0.1, 0.15) is 0 Å². The minimum atomic E-state index is -5.14.